The molecule has 4 heteroatoms. The summed E-state index contributed by atoms with van der Waals surface area (Å²) < 4.78 is 14.5. The molecule has 0 aromatic heterocycles. The van der Waals surface area contributed by atoms with Gasteiger partial charge < -0.3 is 0 Å². The van der Waals surface area contributed by atoms with Gasteiger partial charge in [-0.1, -0.05) is 28.9 Å². The van der Waals surface area contributed by atoms with Crippen LogP contribution in [0.1, 0.15) is 18.9 Å². The molecule has 0 saturated carbocycles. The number of rotatable bonds is 2. The van der Waals surface area contributed by atoms with Gasteiger partial charge in [-0.05, 0) is 31.0 Å². The maximum absolute atomic E-state index is 13.7. The molecule has 2 atom stereocenters. The van der Waals surface area contributed by atoms with Crippen LogP contribution in [0.3, 0.4) is 0 Å². The summed E-state index contributed by atoms with van der Waals surface area (Å²) in [6, 6.07) is 5.25. The Balaban J connectivity index is 2.01. The first-order valence-corrected chi connectivity index (χ1v) is 7.09. The number of piperidine rings is 1. The third-order valence-electron chi connectivity index (χ3n) is 3.29. The summed E-state index contributed by atoms with van der Waals surface area (Å²) in [6.07, 6.45) is 0.987. The molecule has 1 nitrogen and oxygen atoms in total. The fourth-order valence-electron chi connectivity index (χ4n) is 2.24. The summed E-state index contributed by atoms with van der Waals surface area (Å²) in [4.78, 5) is 2.27. The van der Waals surface area contributed by atoms with Crippen molar-refractivity contribution in [2.45, 2.75) is 25.3 Å². The van der Waals surface area contributed by atoms with Crippen LogP contribution in [0.25, 0.3) is 0 Å². The summed E-state index contributed by atoms with van der Waals surface area (Å²) in [5.74, 6) is 0.337. The van der Waals surface area contributed by atoms with Crippen LogP contribution < -0.4 is 0 Å². The molecule has 1 aliphatic rings. The summed E-state index contributed by atoms with van der Waals surface area (Å²) >= 11 is 9.45. The zero-order valence-corrected chi connectivity index (χ0v) is 12.1. The molecule has 2 rings (SSSR count). The lowest BCUT2D eigenvalue weighted by molar-refractivity contribution is 0.178. The highest BCUT2D eigenvalue weighted by Crippen LogP contribution is 2.24. The maximum Gasteiger partial charge on any atom is 0.128 e. The summed E-state index contributed by atoms with van der Waals surface area (Å²) in [7, 11) is 0. The molecule has 1 aromatic carbocycles. The highest BCUT2D eigenvalue weighted by molar-refractivity contribution is 9.10. The van der Waals surface area contributed by atoms with E-state index in [0.29, 0.717) is 12.5 Å². The van der Waals surface area contributed by atoms with Gasteiger partial charge in [0.2, 0.25) is 0 Å². The molecule has 0 aliphatic carbocycles. The van der Waals surface area contributed by atoms with E-state index in [1.807, 2.05) is 12.1 Å². The second-order valence-electron chi connectivity index (χ2n) is 4.75. The van der Waals surface area contributed by atoms with E-state index in [1.165, 1.54) is 6.07 Å². The van der Waals surface area contributed by atoms with E-state index in [4.69, 9.17) is 11.6 Å². The average molecular weight is 321 g/mol. The van der Waals surface area contributed by atoms with E-state index in [-0.39, 0.29) is 11.2 Å². The number of hydrogen-bond donors (Lipinski definition) is 0. The molecule has 1 fully saturated rings. The largest absolute Gasteiger partial charge is 0.299 e. The highest BCUT2D eigenvalue weighted by Gasteiger charge is 2.24. The van der Waals surface area contributed by atoms with Crippen LogP contribution in [0.4, 0.5) is 4.39 Å². The summed E-state index contributed by atoms with van der Waals surface area (Å²) in [5.41, 5.74) is 0.758. The Morgan fingerprint density at radius 2 is 2.29 bits per heavy atom. The highest BCUT2D eigenvalue weighted by atomic mass is 79.9. The van der Waals surface area contributed by atoms with Gasteiger partial charge in [0.05, 0.1) is 0 Å². The van der Waals surface area contributed by atoms with E-state index >= 15 is 0 Å². The van der Waals surface area contributed by atoms with Crippen LogP contribution in [-0.4, -0.2) is 23.4 Å². The van der Waals surface area contributed by atoms with Gasteiger partial charge in [-0.25, -0.2) is 4.39 Å². The van der Waals surface area contributed by atoms with Crippen molar-refractivity contribution in [3.63, 3.8) is 0 Å². The molecule has 0 radical (unpaired) electrons. The molecule has 1 aliphatic heterocycles. The van der Waals surface area contributed by atoms with Gasteiger partial charge in [-0.15, -0.1) is 11.6 Å². The van der Waals surface area contributed by atoms with Crippen LogP contribution in [-0.2, 0) is 6.54 Å². The third-order valence-corrected chi connectivity index (χ3v) is 4.44. The van der Waals surface area contributed by atoms with Crippen LogP contribution in [0.2, 0.25) is 0 Å². The fraction of sp³-hybridized carbons (Fsp3) is 0.538. The molecule has 94 valence electrons. The van der Waals surface area contributed by atoms with Crippen LogP contribution in [0, 0.1) is 11.7 Å². The lowest BCUT2D eigenvalue weighted by atomic mass is 9.99. The molecule has 1 heterocycles. The minimum Gasteiger partial charge on any atom is -0.299 e. The SMILES string of the molecule is CC1CN(Cc2ccc(Br)cc2F)CCC1Cl. The van der Waals surface area contributed by atoms with Gasteiger partial charge in [-0.3, -0.25) is 4.90 Å². The van der Waals surface area contributed by atoms with Crippen molar-refractivity contribution >= 4 is 27.5 Å². The standard InChI is InChI=1S/C13H16BrClFN/c1-9-7-17(5-4-12(9)15)8-10-2-3-11(14)6-13(10)16/h2-3,6,9,12H,4-5,7-8H2,1H3. The normalized spacial score (nSPS) is 26.1. The van der Waals surface area contributed by atoms with E-state index in [2.05, 4.69) is 27.8 Å². The van der Waals surface area contributed by atoms with Crippen LogP contribution >= 0.6 is 27.5 Å². The molecule has 1 aromatic rings. The molecular formula is C13H16BrClFN. The van der Waals surface area contributed by atoms with Crippen molar-refractivity contribution in [1.82, 2.24) is 4.90 Å². The smallest absolute Gasteiger partial charge is 0.128 e. The lowest BCUT2D eigenvalue weighted by Gasteiger charge is -2.34. The Morgan fingerprint density at radius 1 is 1.53 bits per heavy atom. The molecule has 0 spiro atoms. The van der Waals surface area contributed by atoms with Crippen molar-refractivity contribution in [2.75, 3.05) is 13.1 Å². The first-order valence-electron chi connectivity index (χ1n) is 5.86. The minimum atomic E-state index is -0.139. The van der Waals surface area contributed by atoms with Gasteiger partial charge in [0.25, 0.3) is 0 Å². The predicted octanol–water partition coefficient (Wildman–Crippen LogP) is 4.04. The van der Waals surface area contributed by atoms with Gasteiger partial charge in [0.15, 0.2) is 0 Å². The number of nitrogens with zero attached hydrogens (tertiary/aromatic N) is 1. The Labute approximate surface area is 115 Å². The van der Waals surface area contributed by atoms with E-state index < -0.39 is 0 Å². The first-order chi connectivity index (χ1) is 8.06. The Bertz CT molecular complexity index is 399. The Kier molecular flexibility index (Phi) is 4.45. The van der Waals surface area contributed by atoms with Gasteiger partial charge in [-0.2, -0.15) is 0 Å². The van der Waals surface area contributed by atoms with Crippen molar-refractivity contribution < 1.29 is 4.39 Å². The second kappa shape index (κ2) is 5.68. The van der Waals surface area contributed by atoms with Crippen molar-refractivity contribution in [3.05, 3.63) is 34.1 Å². The average Bonchev–Trinajstić information content (AvgIpc) is 2.27. The molecule has 0 N–H and O–H groups in total. The van der Waals surface area contributed by atoms with E-state index in [0.717, 1.165) is 29.5 Å². The Hall–Kier alpha value is -0.120. The monoisotopic (exact) mass is 319 g/mol. The van der Waals surface area contributed by atoms with Crippen molar-refractivity contribution in [1.29, 1.82) is 0 Å². The second-order valence-corrected chi connectivity index (χ2v) is 6.23. The zero-order valence-electron chi connectivity index (χ0n) is 9.80. The van der Waals surface area contributed by atoms with E-state index in [9.17, 15) is 4.39 Å². The third kappa shape index (κ3) is 3.43. The van der Waals surface area contributed by atoms with E-state index in [1.54, 1.807) is 0 Å². The first kappa shape index (κ1) is 13.3. The molecule has 0 bridgehead atoms. The molecule has 2 unspecified atom stereocenters. The number of alkyl halides is 1. The summed E-state index contributed by atoms with van der Waals surface area (Å²) in [6.45, 7) is 4.73. The van der Waals surface area contributed by atoms with Crippen molar-refractivity contribution in [3.8, 4) is 0 Å². The molecule has 0 amide bonds. The van der Waals surface area contributed by atoms with Gasteiger partial charge in [0.1, 0.15) is 5.82 Å². The summed E-state index contributed by atoms with van der Waals surface area (Å²) in [5, 5.41) is 0.265. The molecule has 17 heavy (non-hydrogen) atoms. The topological polar surface area (TPSA) is 3.24 Å². The van der Waals surface area contributed by atoms with Crippen LogP contribution in [0.5, 0.6) is 0 Å². The lowest BCUT2D eigenvalue weighted by Crippen LogP contribution is -2.39. The number of benzene rings is 1. The number of likely N-dealkylation sites (tertiary alicyclic amines) is 1. The van der Waals surface area contributed by atoms with Gasteiger partial charge >= 0.3 is 0 Å². The molecular weight excluding hydrogens is 305 g/mol. The number of hydrogen-bond acceptors (Lipinski definition) is 1. The fourth-order valence-corrected chi connectivity index (χ4v) is 2.75. The number of halogens is 3. The predicted molar refractivity (Wildman–Crippen MR) is 72.8 cm³/mol. The van der Waals surface area contributed by atoms with Crippen molar-refractivity contribution in [2.24, 2.45) is 5.92 Å². The van der Waals surface area contributed by atoms with Crippen LogP contribution in [0.15, 0.2) is 22.7 Å². The molecule has 1 saturated heterocycles. The minimum absolute atomic E-state index is 0.139. The zero-order chi connectivity index (χ0) is 12.4. The Morgan fingerprint density at radius 3 is 2.94 bits per heavy atom. The maximum atomic E-state index is 13.7. The van der Waals surface area contributed by atoms with Gasteiger partial charge in [0, 0.05) is 28.5 Å². The quantitative estimate of drug-likeness (QED) is 0.744.